The van der Waals surface area contributed by atoms with Gasteiger partial charge in [-0.05, 0) is 37.8 Å². The van der Waals surface area contributed by atoms with E-state index in [4.69, 9.17) is 0 Å². The highest BCUT2D eigenvalue weighted by molar-refractivity contribution is 14.0. The van der Waals surface area contributed by atoms with E-state index in [2.05, 4.69) is 40.7 Å². The molecule has 0 aromatic heterocycles. The first-order valence-electron chi connectivity index (χ1n) is 8.97. The minimum absolute atomic E-state index is 0. The van der Waals surface area contributed by atoms with E-state index in [9.17, 15) is 8.42 Å². The van der Waals surface area contributed by atoms with Crippen LogP contribution in [0.25, 0.3) is 0 Å². The summed E-state index contributed by atoms with van der Waals surface area (Å²) >= 11 is 0. The van der Waals surface area contributed by atoms with Gasteiger partial charge in [-0.3, -0.25) is 0 Å². The van der Waals surface area contributed by atoms with Gasteiger partial charge in [-0.2, -0.15) is 0 Å². The Balaban J connectivity index is 0.00000625. The lowest BCUT2D eigenvalue weighted by atomic mass is 10.1. The summed E-state index contributed by atoms with van der Waals surface area (Å²) in [6.45, 7) is 8.42. The van der Waals surface area contributed by atoms with Crippen LogP contribution < -0.4 is 10.6 Å². The number of hydrogen-bond acceptors (Lipinski definition) is 3. The maximum atomic E-state index is 11.7. The van der Waals surface area contributed by atoms with Gasteiger partial charge in [0.25, 0.3) is 0 Å². The molecular formula is C18H33IN4O2S. The largest absolute Gasteiger partial charge is 0.357 e. The fraction of sp³-hybridized carbons (Fsp3) is 0.611. The van der Waals surface area contributed by atoms with E-state index >= 15 is 0 Å². The minimum Gasteiger partial charge on any atom is -0.357 e. The van der Waals surface area contributed by atoms with Crippen molar-refractivity contribution in [3.8, 4) is 0 Å². The van der Waals surface area contributed by atoms with Crippen molar-refractivity contribution < 1.29 is 8.42 Å². The lowest BCUT2D eigenvalue weighted by Crippen LogP contribution is -2.39. The maximum absolute atomic E-state index is 11.7. The van der Waals surface area contributed by atoms with Gasteiger partial charge in [0.15, 0.2) is 5.96 Å². The van der Waals surface area contributed by atoms with Gasteiger partial charge in [-0.15, -0.1) is 24.0 Å². The summed E-state index contributed by atoms with van der Waals surface area (Å²) in [5, 5.41) is 6.50. The molecule has 0 saturated heterocycles. The molecule has 2 N–H and O–H groups in total. The molecule has 0 amide bonds. The number of nitrogens with one attached hydrogen (secondary N) is 2. The molecule has 0 spiro atoms. The van der Waals surface area contributed by atoms with Crippen LogP contribution in [0.2, 0.25) is 0 Å². The van der Waals surface area contributed by atoms with E-state index in [0.717, 1.165) is 25.3 Å². The SMILES string of the molecule is CCNC(=NCc1ccccc1CC)NCCCN(C)S(=O)(=O)CC.I. The average molecular weight is 496 g/mol. The molecule has 1 aromatic carbocycles. The number of hydrogen-bond donors (Lipinski definition) is 2. The van der Waals surface area contributed by atoms with Crippen LogP contribution in [-0.2, 0) is 23.0 Å². The van der Waals surface area contributed by atoms with Crippen LogP contribution in [0.1, 0.15) is 38.3 Å². The number of rotatable bonds is 10. The van der Waals surface area contributed by atoms with Crippen molar-refractivity contribution >= 4 is 40.0 Å². The fourth-order valence-corrected chi connectivity index (χ4v) is 3.28. The van der Waals surface area contributed by atoms with E-state index in [1.54, 1.807) is 14.0 Å². The van der Waals surface area contributed by atoms with Gasteiger partial charge in [0, 0.05) is 26.7 Å². The number of guanidine groups is 1. The third-order valence-corrected chi connectivity index (χ3v) is 5.89. The smallest absolute Gasteiger partial charge is 0.213 e. The molecule has 0 aliphatic rings. The predicted octanol–water partition coefficient (Wildman–Crippen LogP) is 2.59. The molecule has 1 rings (SSSR count). The third kappa shape index (κ3) is 8.68. The molecule has 0 heterocycles. The van der Waals surface area contributed by atoms with E-state index in [1.165, 1.54) is 15.4 Å². The summed E-state index contributed by atoms with van der Waals surface area (Å²) in [7, 11) is -1.48. The Kier molecular flexibility index (Phi) is 12.9. The molecule has 0 saturated carbocycles. The minimum atomic E-state index is -3.10. The summed E-state index contributed by atoms with van der Waals surface area (Å²) in [5.74, 6) is 0.895. The van der Waals surface area contributed by atoms with Gasteiger partial charge in [0.2, 0.25) is 10.0 Å². The average Bonchev–Trinajstić information content (AvgIpc) is 2.62. The Labute approximate surface area is 175 Å². The van der Waals surface area contributed by atoms with Crippen molar-refractivity contribution in [3.05, 3.63) is 35.4 Å². The standard InChI is InChI=1S/C18H32N4O2S.HI/c1-5-16-11-8-9-12-17(16)15-21-18(19-6-2)20-13-10-14-22(4)25(23,24)7-3;/h8-9,11-12H,5-7,10,13-15H2,1-4H3,(H2,19,20,21);1H. The highest BCUT2D eigenvalue weighted by Crippen LogP contribution is 2.10. The van der Waals surface area contributed by atoms with Crippen molar-refractivity contribution in [1.82, 2.24) is 14.9 Å². The summed E-state index contributed by atoms with van der Waals surface area (Å²) in [6, 6.07) is 8.33. The number of aliphatic imine (C=N–C) groups is 1. The van der Waals surface area contributed by atoms with Crippen molar-refractivity contribution in [2.24, 2.45) is 4.99 Å². The third-order valence-electron chi connectivity index (χ3n) is 4.03. The monoisotopic (exact) mass is 496 g/mol. The molecule has 1 aromatic rings. The van der Waals surface area contributed by atoms with Crippen molar-refractivity contribution in [2.45, 2.75) is 40.2 Å². The summed E-state index contributed by atoms with van der Waals surface area (Å²) in [6.07, 6.45) is 1.72. The van der Waals surface area contributed by atoms with Crippen LogP contribution in [0.3, 0.4) is 0 Å². The van der Waals surface area contributed by atoms with Crippen LogP contribution in [0.15, 0.2) is 29.3 Å². The fourth-order valence-electron chi connectivity index (χ4n) is 2.43. The first-order chi connectivity index (χ1) is 11.9. The van der Waals surface area contributed by atoms with Crippen LogP contribution in [0.5, 0.6) is 0 Å². The normalized spacial score (nSPS) is 12.0. The van der Waals surface area contributed by atoms with Crippen molar-refractivity contribution in [2.75, 3.05) is 32.4 Å². The van der Waals surface area contributed by atoms with Gasteiger partial charge in [-0.1, -0.05) is 31.2 Å². The van der Waals surface area contributed by atoms with Gasteiger partial charge < -0.3 is 10.6 Å². The molecule has 150 valence electrons. The lowest BCUT2D eigenvalue weighted by Gasteiger charge is -2.17. The van der Waals surface area contributed by atoms with E-state index < -0.39 is 10.0 Å². The molecule has 8 heteroatoms. The summed E-state index contributed by atoms with van der Waals surface area (Å²) in [4.78, 5) is 4.64. The molecular weight excluding hydrogens is 463 g/mol. The molecule has 0 radical (unpaired) electrons. The van der Waals surface area contributed by atoms with Crippen LogP contribution >= 0.6 is 24.0 Å². The van der Waals surface area contributed by atoms with Crippen molar-refractivity contribution in [3.63, 3.8) is 0 Å². The highest BCUT2D eigenvalue weighted by Gasteiger charge is 2.13. The zero-order valence-electron chi connectivity index (χ0n) is 16.3. The number of benzene rings is 1. The number of halogens is 1. The molecule has 0 fully saturated rings. The highest BCUT2D eigenvalue weighted by atomic mass is 127. The second kappa shape index (κ2) is 13.3. The molecule has 26 heavy (non-hydrogen) atoms. The Morgan fingerprint density at radius 2 is 1.77 bits per heavy atom. The number of sulfonamides is 1. The Morgan fingerprint density at radius 1 is 1.12 bits per heavy atom. The van der Waals surface area contributed by atoms with Gasteiger partial charge >= 0.3 is 0 Å². The lowest BCUT2D eigenvalue weighted by molar-refractivity contribution is 0.461. The predicted molar refractivity (Wildman–Crippen MR) is 121 cm³/mol. The molecule has 0 aliphatic carbocycles. The summed E-state index contributed by atoms with van der Waals surface area (Å²) < 4.78 is 24.9. The van der Waals surface area contributed by atoms with Crippen LogP contribution in [-0.4, -0.2) is 51.1 Å². The van der Waals surface area contributed by atoms with Crippen LogP contribution in [0, 0.1) is 0 Å². The first-order valence-corrected chi connectivity index (χ1v) is 10.6. The van der Waals surface area contributed by atoms with E-state index in [-0.39, 0.29) is 29.7 Å². The number of nitrogens with zero attached hydrogens (tertiary/aromatic N) is 2. The Morgan fingerprint density at radius 3 is 2.35 bits per heavy atom. The van der Waals surface area contributed by atoms with Gasteiger partial charge in [0.1, 0.15) is 0 Å². The Hall–Kier alpha value is -0.870. The quantitative estimate of drug-likeness (QED) is 0.226. The Bertz CT molecular complexity index is 650. The van der Waals surface area contributed by atoms with E-state index in [1.807, 2.05) is 13.0 Å². The topological polar surface area (TPSA) is 73.8 Å². The van der Waals surface area contributed by atoms with Gasteiger partial charge in [-0.25, -0.2) is 17.7 Å². The maximum Gasteiger partial charge on any atom is 0.213 e. The zero-order chi connectivity index (χ0) is 18.7. The molecule has 0 aliphatic heterocycles. The number of aryl methyl sites for hydroxylation is 1. The molecule has 6 nitrogen and oxygen atoms in total. The first kappa shape index (κ1) is 25.1. The summed E-state index contributed by atoms with van der Waals surface area (Å²) in [5.41, 5.74) is 2.55. The zero-order valence-corrected chi connectivity index (χ0v) is 19.4. The molecule has 0 unspecified atom stereocenters. The van der Waals surface area contributed by atoms with Crippen LogP contribution in [0.4, 0.5) is 0 Å². The van der Waals surface area contributed by atoms with E-state index in [0.29, 0.717) is 19.6 Å². The second-order valence-electron chi connectivity index (χ2n) is 5.82. The second-order valence-corrected chi connectivity index (χ2v) is 8.18. The van der Waals surface area contributed by atoms with Crippen molar-refractivity contribution in [1.29, 1.82) is 0 Å². The molecule has 0 bridgehead atoms. The van der Waals surface area contributed by atoms with Gasteiger partial charge in [0.05, 0.1) is 12.3 Å². The molecule has 0 atom stereocenters.